The number of aliphatic hydroxyl groups excluding tert-OH is 1. The first-order valence-electron chi connectivity index (χ1n) is 4.49. The fraction of sp³-hybridized carbons (Fsp3) is 0.889. The van der Waals surface area contributed by atoms with Crippen LogP contribution in [0.2, 0.25) is 0 Å². The molecule has 1 fully saturated rings. The molecule has 0 radical (unpaired) electrons. The molecular formula is C9H16O3. The predicted molar refractivity (Wildman–Crippen MR) is 44.6 cm³/mol. The molecule has 70 valence electrons. The Morgan fingerprint density at radius 1 is 1.50 bits per heavy atom. The average Bonchev–Trinajstić information content (AvgIpc) is 2.09. The molecule has 0 aromatic heterocycles. The number of carbonyl (C=O) groups excluding carboxylic acids is 1. The normalized spacial score (nSPS) is 29.8. The zero-order valence-electron chi connectivity index (χ0n) is 7.45. The van der Waals surface area contributed by atoms with Gasteiger partial charge in [-0.25, -0.2) is 0 Å². The van der Waals surface area contributed by atoms with E-state index in [0.29, 0.717) is 6.42 Å². The molecule has 0 heterocycles. The van der Waals surface area contributed by atoms with E-state index in [1.807, 2.05) is 0 Å². The van der Waals surface area contributed by atoms with Crippen LogP contribution in [0.4, 0.5) is 0 Å². The van der Waals surface area contributed by atoms with Crippen LogP contribution >= 0.6 is 0 Å². The number of esters is 1. The van der Waals surface area contributed by atoms with E-state index < -0.39 is 0 Å². The van der Waals surface area contributed by atoms with Gasteiger partial charge in [0, 0.05) is 0 Å². The van der Waals surface area contributed by atoms with E-state index in [4.69, 9.17) is 0 Å². The van der Waals surface area contributed by atoms with Crippen LogP contribution in [0.5, 0.6) is 0 Å². The molecule has 3 heteroatoms. The van der Waals surface area contributed by atoms with Crippen LogP contribution in [0.3, 0.4) is 0 Å². The van der Waals surface area contributed by atoms with Crippen molar-refractivity contribution < 1.29 is 14.6 Å². The highest BCUT2D eigenvalue weighted by Crippen LogP contribution is 2.26. The van der Waals surface area contributed by atoms with Gasteiger partial charge < -0.3 is 9.84 Å². The highest BCUT2D eigenvalue weighted by Gasteiger charge is 2.25. The Balaban J connectivity index is 2.33. The minimum atomic E-state index is -0.294. The Bertz CT molecular complexity index is 156. The van der Waals surface area contributed by atoms with Crippen molar-refractivity contribution in [1.82, 2.24) is 0 Å². The number of hydrogen-bond donors (Lipinski definition) is 1. The minimum Gasteiger partial charge on any atom is -0.469 e. The van der Waals surface area contributed by atoms with Crippen molar-refractivity contribution in [2.24, 2.45) is 5.92 Å². The summed E-state index contributed by atoms with van der Waals surface area (Å²) in [5.74, 6) is -0.0767. The third kappa shape index (κ3) is 2.48. The van der Waals surface area contributed by atoms with Crippen molar-refractivity contribution in [3.05, 3.63) is 0 Å². The zero-order valence-corrected chi connectivity index (χ0v) is 7.45. The van der Waals surface area contributed by atoms with E-state index in [1.165, 1.54) is 7.11 Å². The molecule has 1 rings (SSSR count). The van der Waals surface area contributed by atoms with Crippen LogP contribution in [-0.4, -0.2) is 24.3 Å². The van der Waals surface area contributed by atoms with Gasteiger partial charge >= 0.3 is 5.97 Å². The van der Waals surface area contributed by atoms with Crippen molar-refractivity contribution in [1.29, 1.82) is 0 Å². The monoisotopic (exact) mass is 172 g/mol. The molecule has 1 aliphatic rings. The lowest BCUT2D eigenvalue weighted by Crippen LogP contribution is -2.26. The molecular weight excluding hydrogens is 156 g/mol. The molecule has 3 nitrogen and oxygen atoms in total. The minimum absolute atomic E-state index is 0.131. The van der Waals surface area contributed by atoms with Crippen molar-refractivity contribution >= 4 is 5.97 Å². The van der Waals surface area contributed by atoms with Crippen LogP contribution in [0.1, 0.15) is 32.1 Å². The van der Waals surface area contributed by atoms with Gasteiger partial charge in [0.25, 0.3) is 0 Å². The fourth-order valence-corrected chi connectivity index (χ4v) is 1.72. The average molecular weight is 172 g/mol. The summed E-state index contributed by atoms with van der Waals surface area (Å²) in [6, 6.07) is 0. The van der Waals surface area contributed by atoms with Crippen LogP contribution in [0, 0.1) is 5.92 Å². The first-order valence-corrected chi connectivity index (χ1v) is 4.49. The number of aliphatic hydroxyl groups is 1. The van der Waals surface area contributed by atoms with Crippen LogP contribution in [0.15, 0.2) is 0 Å². The fourth-order valence-electron chi connectivity index (χ4n) is 1.72. The number of ether oxygens (including phenoxy) is 1. The zero-order chi connectivity index (χ0) is 8.97. The lowest BCUT2D eigenvalue weighted by Gasteiger charge is -2.26. The van der Waals surface area contributed by atoms with Gasteiger partial charge in [-0.05, 0) is 18.8 Å². The molecule has 1 aliphatic carbocycles. The molecule has 12 heavy (non-hydrogen) atoms. The predicted octanol–water partition coefficient (Wildman–Crippen LogP) is 1.10. The summed E-state index contributed by atoms with van der Waals surface area (Å²) < 4.78 is 4.55. The largest absolute Gasteiger partial charge is 0.469 e. The maximum absolute atomic E-state index is 10.9. The van der Waals surface area contributed by atoms with Crippen molar-refractivity contribution in [3.63, 3.8) is 0 Å². The van der Waals surface area contributed by atoms with Gasteiger partial charge in [-0.3, -0.25) is 4.79 Å². The molecule has 0 aromatic carbocycles. The van der Waals surface area contributed by atoms with Gasteiger partial charge in [0.1, 0.15) is 0 Å². The lowest BCUT2D eigenvalue weighted by atomic mass is 9.84. The number of hydrogen-bond acceptors (Lipinski definition) is 3. The van der Waals surface area contributed by atoms with Gasteiger partial charge in [-0.15, -0.1) is 0 Å². The van der Waals surface area contributed by atoms with Crippen molar-refractivity contribution in [2.45, 2.75) is 38.2 Å². The molecule has 0 aromatic rings. The summed E-state index contributed by atoms with van der Waals surface area (Å²) in [4.78, 5) is 10.9. The molecule has 0 unspecified atom stereocenters. The second kappa shape index (κ2) is 4.45. The standard InChI is InChI=1S/C9H16O3/c1-12-9(11)6-7-4-2-3-5-8(7)10/h7-8,10H,2-6H2,1H3/t7-,8+/m0/s1. The van der Waals surface area contributed by atoms with Gasteiger partial charge in [0.05, 0.1) is 19.6 Å². The highest BCUT2D eigenvalue weighted by atomic mass is 16.5. The Labute approximate surface area is 72.7 Å². The van der Waals surface area contributed by atoms with Crippen molar-refractivity contribution in [3.8, 4) is 0 Å². The maximum Gasteiger partial charge on any atom is 0.305 e. The Kier molecular flexibility index (Phi) is 3.53. The molecule has 0 spiro atoms. The van der Waals surface area contributed by atoms with Gasteiger partial charge in [0.15, 0.2) is 0 Å². The summed E-state index contributed by atoms with van der Waals surface area (Å²) in [5.41, 5.74) is 0. The summed E-state index contributed by atoms with van der Waals surface area (Å²) in [6.45, 7) is 0. The van der Waals surface area contributed by atoms with Crippen molar-refractivity contribution in [2.75, 3.05) is 7.11 Å². The summed E-state index contributed by atoms with van der Waals surface area (Å²) in [6.07, 6.45) is 4.07. The maximum atomic E-state index is 10.9. The van der Waals surface area contributed by atoms with E-state index in [-0.39, 0.29) is 18.0 Å². The number of methoxy groups -OCH3 is 1. The lowest BCUT2D eigenvalue weighted by molar-refractivity contribution is -0.143. The highest BCUT2D eigenvalue weighted by molar-refractivity contribution is 5.69. The smallest absolute Gasteiger partial charge is 0.305 e. The SMILES string of the molecule is COC(=O)C[C@@H]1CCCC[C@H]1O. The third-order valence-electron chi connectivity index (χ3n) is 2.53. The van der Waals surface area contributed by atoms with Gasteiger partial charge in [-0.2, -0.15) is 0 Å². The van der Waals surface area contributed by atoms with Crippen LogP contribution < -0.4 is 0 Å². The van der Waals surface area contributed by atoms with E-state index in [1.54, 1.807) is 0 Å². The second-order valence-electron chi connectivity index (χ2n) is 3.39. The molecule has 0 aliphatic heterocycles. The molecule has 1 saturated carbocycles. The Morgan fingerprint density at radius 3 is 2.75 bits per heavy atom. The Hall–Kier alpha value is -0.570. The molecule has 2 atom stereocenters. The number of carbonyl (C=O) groups is 1. The Morgan fingerprint density at radius 2 is 2.17 bits per heavy atom. The molecule has 1 N–H and O–H groups in total. The molecule has 0 saturated heterocycles. The van der Waals surface area contributed by atoms with E-state index in [2.05, 4.69) is 4.74 Å². The van der Waals surface area contributed by atoms with E-state index in [9.17, 15) is 9.90 Å². The second-order valence-corrected chi connectivity index (χ2v) is 3.39. The first kappa shape index (κ1) is 9.52. The first-order chi connectivity index (χ1) is 5.74. The van der Waals surface area contributed by atoms with Crippen LogP contribution in [0.25, 0.3) is 0 Å². The number of rotatable bonds is 2. The van der Waals surface area contributed by atoms with Gasteiger partial charge in [0.2, 0.25) is 0 Å². The van der Waals surface area contributed by atoms with E-state index >= 15 is 0 Å². The summed E-state index contributed by atoms with van der Waals surface area (Å²) >= 11 is 0. The molecule has 0 amide bonds. The third-order valence-corrected chi connectivity index (χ3v) is 2.53. The molecule has 0 bridgehead atoms. The van der Waals surface area contributed by atoms with E-state index in [0.717, 1.165) is 25.7 Å². The quantitative estimate of drug-likeness (QED) is 0.634. The topological polar surface area (TPSA) is 46.5 Å². The summed E-state index contributed by atoms with van der Waals surface area (Å²) in [7, 11) is 1.39. The summed E-state index contributed by atoms with van der Waals surface area (Å²) in [5, 5.41) is 9.51. The van der Waals surface area contributed by atoms with Crippen LogP contribution in [-0.2, 0) is 9.53 Å². The van der Waals surface area contributed by atoms with Gasteiger partial charge in [-0.1, -0.05) is 12.8 Å².